The molecule has 1 fully saturated rings. The van der Waals surface area contributed by atoms with Crippen LogP contribution in [0.3, 0.4) is 0 Å². The standard InChI is InChI=1S/C22H24N6O/c1-13-16(11-23-26-13)21-15-5-3-2-4-14(15)20-17-12-24-27-18(17)10-19(22(20)25-21)28-6-8-29-9-7-28/h10-12H,2-9H2,1H3,(H,23,26)(H,24,27). The van der Waals surface area contributed by atoms with Gasteiger partial charge in [0.1, 0.15) is 0 Å². The van der Waals surface area contributed by atoms with E-state index >= 15 is 0 Å². The molecule has 6 rings (SSSR count). The van der Waals surface area contributed by atoms with Crippen molar-refractivity contribution in [2.24, 2.45) is 0 Å². The number of anilines is 1. The Kier molecular flexibility index (Phi) is 3.84. The normalized spacial score (nSPS) is 17.2. The molecule has 0 atom stereocenters. The van der Waals surface area contributed by atoms with E-state index in [9.17, 15) is 0 Å². The molecule has 3 aromatic heterocycles. The highest BCUT2D eigenvalue weighted by Crippen LogP contribution is 2.41. The second kappa shape index (κ2) is 6.56. The molecule has 4 heterocycles. The van der Waals surface area contributed by atoms with Crippen LogP contribution in [0.5, 0.6) is 0 Å². The minimum Gasteiger partial charge on any atom is -0.378 e. The molecule has 1 aromatic carbocycles. The predicted octanol–water partition coefficient (Wildman–Crippen LogP) is 3.53. The summed E-state index contributed by atoms with van der Waals surface area (Å²) in [5.41, 5.74) is 9.45. The first kappa shape index (κ1) is 17.0. The van der Waals surface area contributed by atoms with Crippen molar-refractivity contribution in [1.82, 2.24) is 25.4 Å². The van der Waals surface area contributed by atoms with Gasteiger partial charge in [-0.1, -0.05) is 0 Å². The van der Waals surface area contributed by atoms with Gasteiger partial charge in [-0.2, -0.15) is 10.2 Å². The fourth-order valence-corrected chi connectivity index (χ4v) is 4.96. The van der Waals surface area contributed by atoms with E-state index in [4.69, 9.17) is 9.72 Å². The van der Waals surface area contributed by atoms with E-state index in [2.05, 4.69) is 38.3 Å². The third kappa shape index (κ3) is 2.57. The molecule has 29 heavy (non-hydrogen) atoms. The Morgan fingerprint density at radius 2 is 1.79 bits per heavy atom. The van der Waals surface area contributed by atoms with Gasteiger partial charge in [-0.3, -0.25) is 10.2 Å². The van der Waals surface area contributed by atoms with Crippen molar-refractivity contribution < 1.29 is 4.74 Å². The Labute approximate surface area is 168 Å². The number of ether oxygens (including phenoxy) is 1. The molecule has 7 nitrogen and oxygen atoms in total. The summed E-state index contributed by atoms with van der Waals surface area (Å²) in [6.07, 6.45) is 8.46. The zero-order valence-electron chi connectivity index (χ0n) is 16.6. The lowest BCUT2D eigenvalue weighted by molar-refractivity contribution is 0.123. The number of hydrogen-bond donors (Lipinski definition) is 2. The molecule has 1 saturated heterocycles. The van der Waals surface area contributed by atoms with Crippen LogP contribution in [0.4, 0.5) is 5.69 Å². The number of aromatic nitrogens is 5. The van der Waals surface area contributed by atoms with Gasteiger partial charge >= 0.3 is 0 Å². The van der Waals surface area contributed by atoms with Gasteiger partial charge in [0.25, 0.3) is 0 Å². The van der Waals surface area contributed by atoms with E-state index in [-0.39, 0.29) is 0 Å². The van der Waals surface area contributed by atoms with E-state index in [1.165, 1.54) is 40.4 Å². The predicted molar refractivity (Wildman–Crippen MR) is 113 cm³/mol. The number of morpholine rings is 1. The lowest BCUT2D eigenvalue weighted by atomic mass is 9.85. The molecule has 0 unspecified atom stereocenters. The average Bonchev–Trinajstić information content (AvgIpc) is 3.41. The number of nitrogens with zero attached hydrogens (tertiary/aromatic N) is 4. The maximum Gasteiger partial charge on any atom is 0.0954 e. The Bertz CT molecular complexity index is 1220. The summed E-state index contributed by atoms with van der Waals surface area (Å²) in [5, 5.41) is 17.4. The van der Waals surface area contributed by atoms with E-state index < -0.39 is 0 Å². The summed E-state index contributed by atoms with van der Waals surface area (Å²) in [6.45, 7) is 5.34. The first-order valence-corrected chi connectivity index (χ1v) is 10.5. The van der Waals surface area contributed by atoms with Gasteiger partial charge in [-0.05, 0) is 49.8 Å². The van der Waals surface area contributed by atoms with Crippen LogP contribution in [0.15, 0.2) is 18.5 Å². The fourth-order valence-electron chi connectivity index (χ4n) is 4.96. The van der Waals surface area contributed by atoms with E-state index in [0.29, 0.717) is 0 Å². The van der Waals surface area contributed by atoms with Gasteiger partial charge in [0.05, 0.1) is 48.0 Å². The van der Waals surface area contributed by atoms with Crippen molar-refractivity contribution in [2.75, 3.05) is 31.2 Å². The van der Waals surface area contributed by atoms with Crippen LogP contribution >= 0.6 is 0 Å². The maximum absolute atomic E-state index is 5.60. The number of fused-ring (bicyclic) bond motifs is 5. The first-order chi connectivity index (χ1) is 14.3. The molecule has 0 amide bonds. The van der Waals surface area contributed by atoms with E-state index in [1.54, 1.807) is 0 Å². The molecule has 2 N–H and O–H groups in total. The number of H-pyrrole nitrogens is 2. The second-order valence-corrected chi connectivity index (χ2v) is 8.08. The molecule has 1 aliphatic carbocycles. The molecule has 1 aliphatic heterocycles. The third-order valence-electron chi connectivity index (χ3n) is 6.41. The number of hydrogen-bond acceptors (Lipinski definition) is 5. The Balaban J connectivity index is 1.73. The number of benzene rings is 1. The molecule has 7 heteroatoms. The second-order valence-electron chi connectivity index (χ2n) is 8.08. The van der Waals surface area contributed by atoms with E-state index in [1.807, 2.05) is 12.4 Å². The largest absolute Gasteiger partial charge is 0.378 e. The molecule has 0 bridgehead atoms. The maximum atomic E-state index is 5.60. The molecule has 0 saturated carbocycles. The SMILES string of the molecule is Cc1[nH]ncc1-c1nc2c(N3CCOCC3)cc3[nH]ncc3c2c2c1CCCC2. The van der Waals surface area contributed by atoms with Crippen molar-refractivity contribution >= 4 is 27.5 Å². The molecular formula is C22H24N6O. The molecule has 0 spiro atoms. The fraction of sp³-hybridized carbons (Fsp3) is 0.409. The highest BCUT2D eigenvalue weighted by molar-refractivity contribution is 6.13. The van der Waals surface area contributed by atoms with Gasteiger partial charge < -0.3 is 9.64 Å². The van der Waals surface area contributed by atoms with Crippen molar-refractivity contribution in [2.45, 2.75) is 32.6 Å². The van der Waals surface area contributed by atoms with E-state index in [0.717, 1.165) is 67.1 Å². The van der Waals surface area contributed by atoms with Crippen molar-refractivity contribution in [3.8, 4) is 11.3 Å². The zero-order chi connectivity index (χ0) is 19.4. The quantitative estimate of drug-likeness (QED) is 0.549. The summed E-state index contributed by atoms with van der Waals surface area (Å²) in [7, 11) is 0. The Hall–Kier alpha value is -2.93. The molecule has 2 aliphatic rings. The number of rotatable bonds is 2. The highest BCUT2D eigenvalue weighted by atomic mass is 16.5. The first-order valence-electron chi connectivity index (χ1n) is 10.5. The topological polar surface area (TPSA) is 82.7 Å². The minimum absolute atomic E-state index is 0.751. The van der Waals surface area contributed by atoms with Crippen LogP contribution in [0.25, 0.3) is 33.1 Å². The minimum atomic E-state index is 0.751. The average molecular weight is 388 g/mol. The molecular weight excluding hydrogens is 364 g/mol. The lowest BCUT2D eigenvalue weighted by Crippen LogP contribution is -2.36. The van der Waals surface area contributed by atoms with Crippen LogP contribution in [0, 0.1) is 6.92 Å². The smallest absolute Gasteiger partial charge is 0.0954 e. The lowest BCUT2D eigenvalue weighted by Gasteiger charge is -2.31. The number of pyridine rings is 1. The van der Waals surface area contributed by atoms with Gasteiger partial charge in [-0.25, -0.2) is 4.98 Å². The monoisotopic (exact) mass is 388 g/mol. The number of aryl methyl sites for hydroxylation is 2. The van der Waals surface area contributed by atoms with Crippen LogP contribution in [-0.4, -0.2) is 51.7 Å². The molecule has 148 valence electrons. The summed E-state index contributed by atoms with van der Waals surface area (Å²) < 4.78 is 5.60. The Morgan fingerprint density at radius 1 is 1.00 bits per heavy atom. The van der Waals surface area contributed by atoms with Crippen LogP contribution in [0.2, 0.25) is 0 Å². The summed E-state index contributed by atoms with van der Waals surface area (Å²) in [6, 6.07) is 2.21. The molecule has 0 radical (unpaired) electrons. The van der Waals surface area contributed by atoms with Crippen LogP contribution < -0.4 is 4.90 Å². The van der Waals surface area contributed by atoms with Crippen molar-refractivity contribution in [3.05, 3.63) is 35.3 Å². The number of aromatic amines is 2. The molecule has 4 aromatic rings. The van der Waals surface area contributed by atoms with Crippen LogP contribution in [-0.2, 0) is 17.6 Å². The van der Waals surface area contributed by atoms with Crippen molar-refractivity contribution in [3.63, 3.8) is 0 Å². The van der Waals surface area contributed by atoms with Crippen molar-refractivity contribution in [1.29, 1.82) is 0 Å². The van der Waals surface area contributed by atoms with Gasteiger partial charge in [0.2, 0.25) is 0 Å². The highest BCUT2D eigenvalue weighted by Gasteiger charge is 2.26. The van der Waals surface area contributed by atoms with Crippen LogP contribution in [0.1, 0.15) is 29.7 Å². The summed E-state index contributed by atoms with van der Waals surface area (Å²) in [4.78, 5) is 7.72. The van der Waals surface area contributed by atoms with Gasteiger partial charge in [0.15, 0.2) is 0 Å². The zero-order valence-corrected chi connectivity index (χ0v) is 16.6. The van der Waals surface area contributed by atoms with Gasteiger partial charge in [0, 0.05) is 35.1 Å². The third-order valence-corrected chi connectivity index (χ3v) is 6.41. The number of nitrogens with one attached hydrogen (secondary N) is 2. The van der Waals surface area contributed by atoms with Gasteiger partial charge in [-0.15, -0.1) is 0 Å². The Morgan fingerprint density at radius 3 is 2.59 bits per heavy atom. The summed E-state index contributed by atoms with van der Waals surface area (Å²) in [5.74, 6) is 0. The summed E-state index contributed by atoms with van der Waals surface area (Å²) >= 11 is 0.